The third kappa shape index (κ3) is 2.06. The summed E-state index contributed by atoms with van der Waals surface area (Å²) in [7, 11) is 0. The van der Waals surface area contributed by atoms with Crippen LogP contribution in [0.4, 0.5) is 0 Å². The molecule has 13 heavy (non-hydrogen) atoms. The largest absolute Gasteiger partial charge is 0.388 e. The molecule has 0 amide bonds. The zero-order valence-electron chi connectivity index (χ0n) is 7.37. The van der Waals surface area contributed by atoms with Gasteiger partial charge in [-0.2, -0.15) is 0 Å². The highest BCUT2D eigenvalue weighted by Crippen LogP contribution is 2.38. The molecule has 1 aromatic rings. The molecular weight excluding hydrogens is 204 g/mol. The Morgan fingerprint density at radius 3 is 2.85 bits per heavy atom. The highest BCUT2D eigenvalue weighted by Gasteiger charge is 2.23. The first kappa shape index (κ1) is 9.50. The predicted octanol–water partition coefficient (Wildman–Crippen LogP) is 3.63. The standard InChI is InChI=1S/C10H13ClOS/c11-8-4-5-13-10(8)9(12)6-7-2-1-3-7/h4-5,7,9,12H,1-3,6H2. The third-order valence-corrected chi connectivity index (χ3v) is 4.19. The van der Waals surface area contributed by atoms with Crippen molar-refractivity contribution in [1.82, 2.24) is 0 Å². The zero-order valence-corrected chi connectivity index (χ0v) is 8.94. The van der Waals surface area contributed by atoms with Crippen LogP contribution in [-0.4, -0.2) is 5.11 Å². The van der Waals surface area contributed by atoms with Gasteiger partial charge in [0.15, 0.2) is 0 Å². The average molecular weight is 217 g/mol. The van der Waals surface area contributed by atoms with Crippen molar-refractivity contribution in [3.8, 4) is 0 Å². The van der Waals surface area contributed by atoms with Gasteiger partial charge in [-0.3, -0.25) is 0 Å². The van der Waals surface area contributed by atoms with Crippen molar-refractivity contribution in [2.75, 3.05) is 0 Å². The van der Waals surface area contributed by atoms with Gasteiger partial charge >= 0.3 is 0 Å². The summed E-state index contributed by atoms with van der Waals surface area (Å²) in [5.74, 6) is 0.730. The van der Waals surface area contributed by atoms with E-state index in [1.54, 1.807) is 11.3 Å². The number of hydrogen-bond acceptors (Lipinski definition) is 2. The molecule has 0 bridgehead atoms. The fourth-order valence-corrected chi connectivity index (χ4v) is 2.88. The lowest BCUT2D eigenvalue weighted by molar-refractivity contribution is 0.121. The zero-order chi connectivity index (χ0) is 9.26. The minimum absolute atomic E-state index is 0.335. The number of aliphatic hydroxyl groups excluding tert-OH is 1. The summed E-state index contributed by atoms with van der Waals surface area (Å²) in [5.41, 5.74) is 0. The fraction of sp³-hybridized carbons (Fsp3) is 0.600. The van der Waals surface area contributed by atoms with E-state index in [0.717, 1.165) is 22.2 Å². The molecule has 0 spiro atoms. The van der Waals surface area contributed by atoms with Crippen molar-refractivity contribution < 1.29 is 5.11 Å². The SMILES string of the molecule is OC(CC1CCC1)c1sccc1Cl. The topological polar surface area (TPSA) is 20.2 Å². The van der Waals surface area contributed by atoms with Crippen LogP contribution in [0.25, 0.3) is 0 Å². The van der Waals surface area contributed by atoms with Crippen LogP contribution in [0.3, 0.4) is 0 Å². The van der Waals surface area contributed by atoms with Crippen LogP contribution in [0, 0.1) is 5.92 Å². The minimum Gasteiger partial charge on any atom is -0.388 e. The van der Waals surface area contributed by atoms with Crippen LogP contribution in [0.2, 0.25) is 5.02 Å². The van der Waals surface area contributed by atoms with Crippen molar-refractivity contribution in [3.63, 3.8) is 0 Å². The molecule has 1 heterocycles. The summed E-state index contributed by atoms with van der Waals surface area (Å²) in [5, 5.41) is 12.5. The summed E-state index contributed by atoms with van der Waals surface area (Å²) in [4.78, 5) is 0.938. The smallest absolute Gasteiger partial charge is 0.0899 e. The lowest BCUT2D eigenvalue weighted by atomic mass is 9.81. The maximum atomic E-state index is 9.85. The molecule has 1 unspecified atom stereocenters. The van der Waals surface area contributed by atoms with E-state index in [9.17, 15) is 5.11 Å². The number of rotatable bonds is 3. The molecule has 1 saturated carbocycles. The molecule has 72 valence electrons. The van der Waals surface area contributed by atoms with Crippen molar-refractivity contribution in [2.45, 2.75) is 31.8 Å². The van der Waals surface area contributed by atoms with Crippen molar-refractivity contribution in [1.29, 1.82) is 0 Å². The number of thiophene rings is 1. The van der Waals surface area contributed by atoms with E-state index in [0.29, 0.717) is 0 Å². The van der Waals surface area contributed by atoms with E-state index < -0.39 is 0 Å². The highest BCUT2D eigenvalue weighted by atomic mass is 35.5. The molecule has 0 radical (unpaired) electrons. The molecule has 1 N–H and O–H groups in total. The Labute approximate surface area is 87.4 Å². The molecule has 1 nitrogen and oxygen atoms in total. The lowest BCUT2D eigenvalue weighted by Gasteiger charge is -2.27. The molecule has 0 aromatic carbocycles. The average Bonchev–Trinajstić information content (AvgIpc) is 2.43. The first-order valence-corrected chi connectivity index (χ1v) is 5.94. The van der Waals surface area contributed by atoms with Crippen LogP contribution in [0.15, 0.2) is 11.4 Å². The summed E-state index contributed by atoms with van der Waals surface area (Å²) in [6.45, 7) is 0. The van der Waals surface area contributed by atoms with E-state index in [4.69, 9.17) is 11.6 Å². The van der Waals surface area contributed by atoms with Crippen LogP contribution in [-0.2, 0) is 0 Å². The second-order valence-electron chi connectivity index (χ2n) is 3.68. The molecule has 1 aromatic heterocycles. The van der Waals surface area contributed by atoms with E-state index in [1.807, 2.05) is 11.4 Å². The molecule has 0 aliphatic heterocycles. The van der Waals surface area contributed by atoms with Crippen molar-refractivity contribution in [2.24, 2.45) is 5.92 Å². The Kier molecular flexibility index (Phi) is 2.92. The van der Waals surface area contributed by atoms with Gasteiger partial charge in [0, 0.05) is 0 Å². The van der Waals surface area contributed by atoms with Gasteiger partial charge in [0.05, 0.1) is 16.0 Å². The molecule has 1 atom stereocenters. The predicted molar refractivity (Wildman–Crippen MR) is 56.2 cm³/mol. The summed E-state index contributed by atoms with van der Waals surface area (Å²) < 4.78 is 0. The minimum atomic E-state index is -0.335. The first-order chi connectivity index (χ1) is 6.27. The molecule has 1 aliphatic rings. The highest BCUT2D eigenvalue weighted by molar-refractivity contribution is 7.10. The monoisotopic (exact) mass is 216 g/mol. The molecular formula is C10H13ClOS. The Bertz CT molecular complexity index is 280. The summed E-state index contributed by atoms with van der Waals surface area (Å²) in [6, 6.07) is 1.85. The van der Waals surface area contributed by atoms with E-state index in [-0.39, 0.29) is 6.10 Å². The van der Waals surface area contributed by atoms with Crippen molar-refractivity contribution >= 4 is 22.9 Å². The van der Waals surface area contributed by atoms with Crippen LogP contribution in [0.5, 0.6) is 0 Å². The number of hydrogen-bond donors (Lipinski definition) is 1. The Hall–Kier alpha value is -0.0500. The second-order valence-corrected chi connectivity index (χ2v) is 5.04. The van der Waals surface area contributed by atoms with E-state index in [2.05, 4.69) is 0 Å². The van der Waals surface area contributed by atoms with Crippen LogP contribution >= 0.6 is 22.9 Å². The van der Waals surface area contributed by atoms with Gasteiger partial charge in [-0.05, 0) is 23.8 Å². The summed E-state index contributed by atoms with van der Waals surface area (Å²) in [6.07, 6.45) is 4.44. The molecule has 3 heteroatoms. The lowest BCUT2D eigenvalue weighted by Crippen LogP contribution is -2.14. The third-order valence-electron chi connectivity index (χ3n) is 2.73. The maximum Gasteiger partial charge on any atom is 0.0899 e. The fourth-order valence-electron chi connectivity index (χ4n) is 1.69. The first-order valence-electron chi connectivity index (χ1n) is 4.68. The van der Waals surface area contributed by atoms with Gasteiger partial charge in [0.2, 0.25) is 0 Å². The van der Waals surface area contributed by atoms with Crippen LogP contribution in [0.1, 0.15) is 36.7 Å². The Morgan fingerprint density at radius 1 is 1.62 bits per heavy atom. The number of halogens is 1. The normalized spacial score (nSPS) is 19.8. The van der Waals surface area contributed by atoms with Gasteiger partial charge in [-0.15, -0.1) is 11.3 Å². The van der Waals surface area contributed by atoms with Gasteiger partial charge in [0.25, 0.3) is 0 Å². The molecule has 0 saturated heterocycles. The molecule has 2 rings (SSSR count). The van der Waals surface area contributed by atoms with Crippen LogP contribution < -0.4 is 0 Å². The van der Waals surface area contributed by atoms with Gasteiger partial charge in [-0.25, -0.2) is 0 Å². The molecule has 1 fully saturated rings. The van der Waals surface area contributed by atoms with Gasteiger partial charge in [0.1, 0.15) is 0 Å². The van der Waals surface area contributed by atoms with E-state index >= 15 is 0 Å². The van der Waals surface area contributed by atoms with Gasteiger partial charge < -0.3 is 5.11 Å². The number of aliphatic hydroxyl groups is 1. The molecule has 1 aliphatic carbocycles. The van der Waals surface area contributed by atoms with E-state index in [1.165, 1.54) is 19.3 Å². The van der Waals surface area contributed by atoms with Crippen molar-refractivity contribution in [3.05, 3.63) is 21.3 Å². The second kappa shape index (κ2) is 3.99. The summed E-state index contributed by atoms with van der Waals surface area (Å²) >= 11 is 7.48. The Balaban J connectivity index is 1.96. The Morgan fingerprint density at radius 2 is 2.38 bits per heavy atom. The van der Waals surface area contributed by atoms with Gasteiger partial charge in [-0.1, -0.05) is 30.9 Å². The quantitative estimate of drug-likeness (QED) is 0.818. The maximum absolute atomic E-state index is 9.85.